The van der Waals surface area contributed by atoms with Crippen LogP contribution in [0.1, 0.15) is 60.5 Å². The molecule has 2 aromatic rings. The lowest BCUT2D eigenvalue weighted by molar-refractivity contribution is -0.136. The van der Waals surface area contributed by atoms with Crippen LogP contribution in [0.15, 0.2) is 12.1 Å². The van der Waals surface area contributed by atoms with Gasteiger partial charge in [0.25, 0.3) is 6.47 Å². The molecule has 1 heterocycles. The highest BCUT2D eigenvalue weighted by Crippen LogP contribution is 2.33. The van der Waals surface area contributed by atoms with E-state index in [9.17, 15) is 14.4 Å². The minimum absolute atomic E-state index is 0.00305. The first-order valence-corrected chi connectivity index (χ1v) is 10.6. The van der Waals surface area contributed by atoms with E-state index < -0.39 is 23.9 Å². The van der Waals surface area contributed by atoms with Crippen molar-refractivity contribution in [3.8, 4) is 11.5 Å². The van der Waals surface area contributed by atoms with Gasteiger partial charge in [-0.1, -0.05) is 6.92 Å². The number of ketones is 1. The third-order valence-electron chi connectivity index (χ3n) is 4.67. The lowest BCUT2D eigenvalue weighted by Crippen LogP contribution is -2.28. The molecule has 0 saturated carbocycles. The van der Waals surface area contributed by atoms with Gasteiger partial charge < -0.3 is 29.4 Å². The molecule has 34 heavy (non-hydrogen) atoms. The van der Waals surface area contributed by atoms with Crippen molar-refractivity contribution in [3.63, 3.8) is 0 Å². The van der Waals surface area contributed by atoms with Gasteiger partial charge in [0.15, 0.2) is 23.4 Å². The summed E-state index contributed by atoms with van der Waals surface area (Å²) >= 11 is 0. The summed E-state index contributed by atoms with van der Waals surface area (Å²) in [4.78, 5) is 37.8. The monoisotopic (exact) mass is 478 g/mol. The Balaban J connectivity index is 2.62. The topological polar surface area (TPSA) is 154 Å². The minimum Gasteiger partial charge on any atom is -0.493 e. The van der Waals surface area contributed by atoms with Crippen molar-refractivity contribution in [1.29, 1.82) is 0 Å². The molecule has 0 aliphatic heterocycles. The number of carbonyl (C=O) groups is 3. The molecule has 0 spiro atoms. The molecule has 0 bridgehead atoms. The van der Waals surface area contributed by atoms with Crippen LogP contribution >= 0.6 is 0 Å². The van der Waals surface area contributed by atoms with E-state index in [2.05, 4.69) is 10.2 Å². The Labute approximate surface area is 197 Å². The number of rotatable bonds is 13. The Morgan fingerprint density at radius 2 is 1.71 bits per heavy atom. The Bertz CT molecular complexity index is 1020. The Kier molecular flexibility index (Phi) is 9.36. The third-order valence-corrected chi connectivity index (χ3v) is 4.67. The predicted molar refractivity (Wildman–Crippen MR) is 120 cm³/mol. The van der Waals surface area contributed by atoms with E-state index in [0.29, 0.717) is 12.2 Å². The van der Waals surface area contributed by atoms with E-state index >= 15 is 0 Å². The zero-order valence-electron chi connectivity index (χ0n) is 20.1. The fourth-order valence-electron chi connectivity index (χ4n) is 3.11. The number of carbonyl (C=O) groups excluding carboxylic acids is 3. The number of hydrogen-bond donors (Lipinski definition) is 1. The molecule has 2 N–H and O–H groups in total. The molecule has 0 fully saturated rings. The van der Waals surface area contributed by atoms with E-state index in [1.54, 1.807) is 27.7 Å². The molecule has 12 nitrogen and oxygen atoms in total. The van der Waals surface area contributed by atoms with Crippen LogP contribution in [-0.2, 0) is 19.0 Å². The maximum Gasteiger partial charge on any atom is 0.361 e. The number of esters is 1. The van der Waals surface area contributed by atoms with Crippen molar-refractivity contribution in [2.24, 2.45) is 5.92 Å². The highest BCUT2D eigenvalue weighted by Gasteiger charge is 2.32. The van der Waals surface area contributed by atoms with E-state index in [1.165, 1.54) is 26.4 Å². The normalized spacial score (nSPS) is 12.7. The minimum atomic E-state index is -0.850. The van der Waals surface area contributed by atoms with E-state index in [1.807, 2.05) is 0 Å². The first kappa shape index (κ1) is 26.6. The average molecular weight is 479 g/mol. The molecule has 2 unspecified atom stereocenters. The summed E-state index contributed by atoms with van der Waals surface area (Å²) in [6, 6.07) is 2.83. The maximum absolute atomic E-state index is 13.5. The average Bonchev–Trinajstić information content (AvgIpc) is 3.25. The van der Waals surface area contributed by atoms with Crippen molar-refractivity contribution in [2.75, 3.05) is 33.2 Å². The highest BCUT2D eigenvalue weighted by molar-refractivity contribution is 6.15. The van der Waals surface area contributed by atoms with Crippen LogP contribution in [-0.4, -0.2) is 66.8 Å². The summed E-state index contributed by atoms with van der Waals surface area (Å²) in [7, 11) is 2.85. The maximum atomic E-state index is 13.5. The van der Waals surface area contributed by atoms with E-state index in [0.717, 1.165) is 4.80 Å². The molecule has 0 amide bonds. The van der Waals surface area contributed by atoms with Crippen LogP contribution in [0.4, 0.5) is 5.69 Å². The van der Waals surface area contributed by atoms with Crippen LogP contribution in [0.2, 0.25) is 0 Å². The molecule has 1 aromatic carbocycles. The number of hydrogen-bond acceptors (Lipinski definition) is 11. The smallest absolute Gasteiger partial charge is 0.361 e. The second-order valence-electron chi connectivity index (χ2n) is 7.54. The van der Waals surface area contributed by atoms with Crippen LogP contribution in [0.3, 0.4) is 0 Å². The quantitative estimate of drug-likeness (QED) is 0.195. The summed E-state index contributed by atoms with van der Waals surface area (Å²) in [6.07, 6.45) is -1.11. The van der Waals surface area contributed by atoms with Crippen molar-refractivity contribution in [3.05, 3.63) is 29.1 Å². The van der Waals surface area contributed by atoms with Gasteiger partial charge in [-0.2, -0.15) is 4.80 Å². The molecule has 0 aliphatic rings. The standard InChI is InChI=1S/C22H30N4O8/c1-7-33-22(29)19-18(20(28)14-8-16(30-5)17(31-6)9-15(14)23)24-26(25-19)21(34-12(2)3)13(4)10-32-11-27/h8-9,11-13,21H,7,10,23H2,1-6H3. The molecule has 0 aliphatic carbocycles. The Morgan fingerprint density at radius 3 is 2.26 bits per heavy atom. The molecule has 12 heteroatoms. The van der Waals surface area contributed by atoms with Gasteiger partial charge in [-0.25, -0.2) is 4.79 Å². The van der Waals surface area contributed by atoms with Gasteiger partial charge in [-0.15, -0.1) is 10.2 Å². The first-order chi connectivity index (χ1) is 16.2. The van der Waals surface area contributed by atoms with Crippen LogP contribution in [0, 0.1) is 5.92 Å². The molecule has 0 radical (unpaired) electrons. The second-order valence-corrected chi connectivity index (χ2v) is 7.54. The molecule has 0 saturated heterocycles. The largest absolute Gasteiger partial charge is 0.493 e. The lowest BCUT2D eigenvalue weighted by atomic mass is 10.0. The zero-order chi connectivity index (χ0) is 25.4. The summed E-state index contributed by atoms with van der Waals surface area (Å²) in [6.45, 7) is 7.35. The van der Waals surface area contributed by atoms with Gasteiger partial charge in [-0.3, -0.25) is 9.59 Å². The number of nitrogens with zero attached hydrogens (tertiary/aromatic N) is 3. The van der Waals surface area contributed by atoms with Gasteiger partial charge in [0.1, 0.15) is 0 Å². The summed E-state index contributed by atoms with van der Waals surface area (Å²) in [5.41, 5.74) is 5.62. The van der Waals surface area contributed by atoms with Gasteiger partial charge >= 0.3 is 5.97 Å². The summed E-state index contributed by atoms with van der Waals surface area (Å²) < 4.78 is 26.3. The molecule has 2 atom stereocenters. The van der Waals surface area contributed by atoms with Crippen molar-refractivity contribution in [1.82, 2.24) is 15.0 Å². The van der Waals surface area contributed by atoms with Crippen LogP contribution in [0.25, 0.3) is 0 Å². The fraction of sp³-hybridized carbons (Fsp3) is 0.500. The van der Waals surface area contributed by atoms with Crippen molar-refractivity contribution in [2.45, 2.75) is 40.0 Å². The SMILES string of the molecule is CCOC(=O)c1nn(C(OC(C)C)C(C)COC=O)nc1C(=O)c1cc(OC)c(OC)cc1N. The number of ether oxygens (including phenoxy) is 5. The number of nitrogens with two attached hydrogens (primary N) is 1. The number of aromatic nitrogens is 3. The van der Waals surface area contributed by atoms with Crippen LogP contribution < -0.4 is 15.2 Å². The Morgan fingerprint density at radius 1 is 1.09 bits per heavy atom. The van der Waals surface area contributed by atoms with Gasteiger partial charge in [0.2, 0.25) is 11.5 Å². The molecule has 2 rings (SSSR count). The third kappa shape index (κ3) is 6.01. The first-order valence-electron chi connectivity index (χ1n) is 10.6. The molecule has 186 valence electrons. The zero-order valence-corrected chi connectivity index (χ0v) is 20.1. The number of nitrogen functional groups attached to an aromatic ring is 1. The lowest BCUT2D eigenvalue weighted by Gasteiger charge is -2.24. The van der Waals surface area contributed by atoms with Gasteiger partial charge in [0.05, 0.1) is 39.1 Å². The van der Waals surface area contributed by atoms with E-state index in [4.69, 9.17) is 29.4 Å². The van der Waals surface area contributed by atoms with Gasteiger partial charge in [0, 0.05) is 17.7 Å². The predicted octanol–water partition coefficient (Wildman–Crippen LogP) is 2.02. The van der Waals surface area contributed by atoms with Gasteiger partial charge in [-0.05, 0) is 26.8 Å². The van der Waals surface area contributed by atoms with Crippen LogP contribution in [0.5, 0.6) is 11.5 Å². The second kappa shape index (κ2) is 12.0. The summed E-state index contributed by atoms with van der Waals surface area (Å²) in [5, 5.41) is 8.48. The fourth-order valence-corrected chi connectivity index (χ4v) is 3.11. The summed E-state index contributed by atoms with van der Waals surface area (Å²) in [5.74, 6) is -1.32. The molecular weight excluding hydrogens is 448 g/mol. The Hall–Kier alpha value is -3.67. The van der Waals surface area contributed by atoms with Crippen molar-refractivity contribution < 1.29 is 38.1 Å². The number of methoxy groups -OCH3 is 2. The number of anilines is 1. The molecule has 1 aromatic heterocycles. The molecular formula is C22H30N4O8. The highest BCUT2D eigenvalue weighted by atomic mass is 16.5. The van der Waals surface area contributed by atoms with Crippen molar-refractivity contribution >= 4 is 23.9 Å². The van der Waals surface area contributed by atoms with E-state index in [-0.39, 0.29) is 47.7 Å². The number of benzene rings is 1.